The molecule has 1 unspecified atom stereocenters. The van der Waals surface area contributed by atoms with Crippen LogP contribution in [0.5, 0.6) is 23.0 Å². The van der Waals surface area contributed by atoms with Crippen molar-refractivity contribution in [3.8, 4) is 23.0 Å². The molecule has 2 heterocycles. The molecule has 2 aliphatic heterocycles. The molecule has 0 saturated heterocycles. The molecule has 29 heavy (non-hydrogen) atoms. The van der Waals surface area contributed by atoms with Gasteiger partial charge >= 0.3 is 0 Å². The number of carbonyl (C=O) groups excluding carboxylic acids is 2. The molecule has 2 N–H and O–H groups in total. The minimum Gasteiger partial charge on any atom is -0.486 e. The topological polar surface area (TPSA) is 95.1 Å². The zero-order valence-corrected chi connectivity index (χ0v) is 15.9. The smallest absolute Gasteiger partial charge is 0.283 e. The first-order valence-electron chi connectivity index (χ1n) is 8.86. The molecule has 150 valence electrons. The highest BCUT2D eigenvalue weighted by atomic mass is 35.5. The Morgan fingerprint density at radius 3 is 2.66 bits per heavy atom. The third-order valence-corrected chi connectivity index (χ3v) is 4.44. The van der Waals surface area contributed by atoms with Gasteiger partial charge in [0.1, 0.15) is 19.8 Å². The number of carbonyl (C=O) groups is 2. The number of nitrogens with one attached hydrogen (secondary N) is 2. The van der Waals surface area contributed by atoms with Gasteiger partial charge in [0.2, 0.25) is 6.10 Å². The molecular formula is C20H17ClN2O6. The summed E-state index contributed by atoms with van der Waals surface area (Å²) in [7, 11) is 0. The number of halogens is 1. The fourth-order valence-corrected chi connectivity index (χ4v) is 3.07. The lowest BCUT2D eigenvalue weighted by Crippen LogP contribution is -2.50. The van der Waals surface area contributed by atoms with Crippen molar-refractivity contribution in [2.75, 3.05) is 19.8 Å². The van der Waals surface area contributed by atoms with E-state index in [1.165, 1.54) is 6.08 Å². The third-order valence-electron chi connectivity index (χ3n) is 4.16. The van der Waals surface area contributed by atoms with Crippen LogP contribution < -0.4 is 29.8 Å². The average Bonchev–Trinajstić information content (AvgIpc) is 2.75. The van der Waals surface area contributed by atoms with Crippen LogP contribution in [0.4, 0.5) is 0 Å². The van der Waals surface area contributed by atoms with Crippen molar-refractivity contribution in [1.82, 2.24) is 10.9 Å². The van der Waals surface area contributed by atoms with Crippen LogP contribution >= 0.6 is 11.6 Å². The van der Waals surface area contributed by atoms with Crippen molar-refractivity contribution in [3.63, 3.8) is 0 Å². The number of rotatable bonds is 3. The van der Waals surface area contributed by atoms with Crippen LogP contribution in [0.1, 0.15) is 5.56 Å². The van der Waals surface area contributed by atoms with Gasteiger partial charge in [-0.05, 0) is 35.9 Å². The number of fused-ring (bicyclic) bond motifs is 2. The lowest BCUT2D eigenvalue weighted by atomic mass is 10.1. The van der Waals surface area contributed by atoms with Crippen LogP contribution in [0.25, 0.3) is 6.08 Å². The zero-order valence-electron chi connectivity index (χ0n) is 15.1. The predicted octanol–water partition coefficient (Wildman–Crippen LogP) is 2.11. The maximum atomic E-state index is 12.2. The largest absolute Gasteiger partial charge is 0.486 e. The highest BCUT2D eigenvalue weighted by Crippen LogP contribution is 2.38. The van der Waals surface area contributed by atoms with Crippen molar-refractivity contribution >= 4 is 29.5 Å². The SMILES string of the molecule is O=C(C=Cc1cc(Cl)c2c(c1)OCCO2)NNC(=O)C1COc2ccccc2O1. The average molecular weight is 417 g/mol. The molecule has 0 radical (unpaired) electrons. The van der Waals surface area contributed by atoms with Gasteiger partial charge in [-0.3, -0.25) is 20.4 Å². The second kappa shape index (κ2) is 8.32. The summed E-state index contributed by atoms with van der Waals surface area (Å²) in [5.74, 6) is 1.00. The minimum atomic E-state index is -0.870. The maximum absolute atomic E-state index is 12.2. The summed E-state index contributed by atoms with van der Waals surface area (Å²) >= 11 is 6.17. The lowest BCUT2D eigenvalue weighted by molar-refractivity contribution is -0.134. The van der Waals surface area contributed by atoms with E-state index in [1.54, 1.807) is 36.4 Å². The van der Waals surface area contributed by atoms with Gasteiger partial charge in [0.15, 0.2) is 23.0 Å². The van der Waals surface area contributed by atoms with Crippen LogP contribution in [0.2, 0.25) is 5.02 Å². The molecule has 2 aliphatic rings. The molecule has 8 nitrogen and oxygen atoms in total. The van der Waals surface area contributed by atoms with Gasteiger partial charge in [-0.1, -0.05) is 23.7 Å². The van der Waals surface area contributed by atoms with Gasteiger partial charge in [-0.25, -0.2) is 0 Å². The van der Waals surface area contributed by atoms with Crippen molar-refractivity contribution < 1.29 is 28.5 Å². The summed E-state index contributed by atoms with van der Waals surface area (Å²) in [6.45, 7) is 0.913. The standard InChI is InChI=1S/C20H17ClN2O6/c21-13-9-12(10-16-19(13)27-8-7-26-16)5-6-18(24)22-23-20(25)17-11-28-14-3-1-2-4-15(14)29-17/h1-6,9-10,17H,7-8,11H2,(H,22,24)(H,23,25). The monoisotopic (exact) mass is 416 g/mol. The molecular weight excluding hydrogens is 400 g/mol. The normalized spacial score (nSPS) is 16.9. The van der Waals surface area contributed by atoms with E-state index in [2.05, 4.69) is 10.9 Å². The number of benzene rings is 2. The molecule has 0 bridgehead atoms. The zero-order chi connectivity index (χ0) is 20.2. The van der Waals surface area contributed by atoms with Crippen molar-refractivity contribution in [2.24, 2.45) is 0 Å². The van der Waals surface area contributed by atoms with Gasteiger partial charge in [0.25, 0.3) is 11.8 Å². The minimum absolute atomic E-state index is 0.0459. The number of hydrogen-bond donors (Lipinski definition) is 2. The number of hydrogen-bond acceptors (Lipinski definition) is 6. The summed E-state index contributed by atoms with van der Waals surface area (Å²) < 4.78 is 22.0. The highest BCUT2D eigenvalue weighted by Gasteiger charge is 2.27. The van der Waals surface area contributed by atoms with E-state index in [9.17, 15) is 9.59 Å². The van der Waals surface area contributed by atoms with Gasteiger partial charge in [-0.15, -0.1) is 0 Å². The van der Waals surface area contributed by atoms with Crippen molar-refractivity contribution in [2.45, 2.75) is 6.10 Å². The maximum Gasteiger partial charge on any atom is 0.283 e. The second-order valence-electron chi connectivity index (χ2n) is 6.20. The van der Waals surface area contributed by atoms with E-state index >= 15 is 0 Å². The first kappa shape index (κ1) is 18.9. The molecule has 2 aromatic carbocycles. The van der Waals surface area contributed by atoms with E-state index in [0.29, 0.717) is 46.8 Å². The molecule has 0 aromatic heterocycles. The molecule has 2 aromatic rings. The van der Waals surface area contributed by atoms with Crippen LogP contribution in [0, 0.1) is 0 Å². The molecule has 9 heteroatoms. The Hall–Kier alpha value is -3.39. The molecule has 0 fully saturated rings. The number of hydrazine groups is 1. The van der Waals surface area contributed by atoms with Crippen LogP contribution in [-0.2, 0) is 9.59 Å². The second-order valence-corrected chi connectivity index (χ2v) is 6.61. The Kier molecular flexibility index (Phi) is 5.44. The number of para-hydroxylation sites is 2. The fourth-order valence-electron chi connectivity index (χ4n) is 2.79. The lowest BCUT2D eigenvalue weighted by Gasteiger charge is -2.25. The highest BCUT2D eigenvalue weighted by molar-refractivity contribution is 6.32. The molecule has 1 atom stereocenters. The Morgan fingerprint density at radius 1 is 1.00 bits per heavy atom. The first-order chi connectivity index (χ1) is 14.1. The van der Waals surface area contributed by atoms with Crippen molar-refractivity contribution in [1.29, 1.82) is 0 Å². The summed E-state index contributed by atoms with van der Waals surface area (Å²) in [4.78, 5) is 24.2. The summed E-state index contributed by atoms with van der Waals surface area (Å²) in [5.41, 5.74) is 5.27. The Morgan fingerprint density at radius 2 is 1.79 bits per heavy atom. The predicted molar refractivity (Wildman–Crippen MR) is 104 cm³/mol. The van der Waals surface area contributed by atoms with Gasteiger partial charge in [-0.2, -0.15) is 0 Å². The Balaban J connectivity index is 1.31. The number of ether oxygens (including phenoxy) is 4. The van der Waals surface area contributed by atoms with Gasteiger partial charge in [0.05, 0.1) is 5.02 Å². The van der Waals surface area contributed by atoms with Gasteiger partial charge in [0, 0.05) is 6.08 Å². The molecule has 0 aliphatic carbocycles. The first-order valence-corrected chi connectivity index (χ1v) is 9.23. The Labute approximate surface area is 171 Å². The van der Waals surface area contributed by atoms with E-state index in [1.807, 2.05) is 6.07 Å². The molecule has 4 rings (SSSR count). The molecule has 0 saturated carbocycles. The van der Waals surface area contributed by atoms with Crippen LogP contribution in [0.3, 0.4) is 0 Å². The Bertz CT molecular complexity index is 977. The van der Waals surface area contributed by atoms with Gasteiger partial charge < -0.3 is 18.9 Å². The number of amides is 2. The van der Waals surface area contributed by atoms with E-state index in [0.717, 1.165) is 0 Å². The van der Waals surface area contributed by atoms with E-state index in [-0.39, 0.29) is 6.61 Å². The van der Waals surface area contributed by atoms with E-state index < -0.39 is 17.9 Å². The quantitative estimate of drug-likeness (QED) is 0.588. The summed E-state index contributed by atoms with van der Waals surface area (Å²) in [6.07, 6.45) is 1.93. The van der Waals surface area contributed by atoms with Crippen LogP contribution in [-0.4, -0.2) is 37.7 Å². The summed E-state index contributed by atoms with van der Waals surface area (Å²) in [6, 6.07) is 10.4. The summed E-state index contributed by atoms with van der Waals surface area (Å²) in [5, 5.41) is 0.394. The van der Waals surface area contributed by atoms with Crippen molar-refractivity contribution in [3.05, 3.63) is 53.1 Å². The fraction of sp³-hybridized carbons (Fsp3) is 0.200. The van der Waals surface area contributed by atoms with E-state index in [4.69, 9.17) is 30.5 Å². The molecule has 2 amide bonds. The molecule has 0 spiro atoms. The third kappa shape index (κ3) is 4.38. The van der Waals surface area contributed by atoms with Crippen LogP contribution in [0.15, 0.2) is 42.5 Å².